The normalized spacial score (nSPS) is 19.8. The van der Waals surface area contributed by atoms with Crippen molar-refractivity contribution in [2.75, 3.05) is 25.5 Å². The number of amides is 1. The number of nitrogens with two attached hydrogens (primary N) is 1. The maximum Gasteiger partial charge on any atom is 0.238 e. The molecule has 1 saturated heterocycles. The molecule has 2 heterocycles. The number of carbonyl (C=O) groups excluding carboxylic acids is 2. The lowest BCUT2D eigenvalue weighted by Crippen LogP contribution is -2.48. The number of piperidine rings is 1. The van der Waals surface area contributed by atoms with Crippen LogP contribution < -0.4 is 15.8 Å². The molecular weight excluding hydrogens is 418 g/mol. The number of nitrogens with one attached hydrogen (secondary N) is 2. The summed E-state index contributed by atoms with van der Waals surface area (Å²) in [4.78, 5) is 28.5. The Morgan fingerprint density at radius 3 is 2.76 bits per heavy atom. The van der Waals surface area contributed by atoms with Crippen molar-refractivity contribution in [3.8, 4) is 28.3 Å². The zero-order valence-electron chi connectivity index (χ0n) is 18.7. The third-order valence-electron chi connectivity index (χ3n) is 6.59. The number of nitrogens with zero attached hydrogens (tertiary/aromatic N) is 2. The van der Waals surface area contributed by atoms with E-state index < -0.39 is 0 Å². The summed E-state index contributed by atoms with van der Waals surface area (Å²) < 4.78 is 5.23. The van der Waals surface area contributed by atoms with Gasteiger partial charge in [0.1, 0.15) is 11.4 Å². The van der Waals surface area contributed by atoms with Gasteiger partial charge in [0, 0.05) is 29.8 Å². The monoisotopic (exact) mass is 445 g/mol. The van der Waals surface area contributed by atoms with E-state index in [1.807, 2.05) is 36.4 Å². The van der Waals surface area contributed by atoms with Gasteiger partial charge in [-0.1, -0.05) is 12.1 Å². The lowest BCUT2D eigenvalue weighted by Gasteiger charge is -2.35. The predicted molar refractivity (Wildman–Crippen MR) is 126 cm³/mol. The highest BCUT2D eigenvalue weighted by atomic mass is 16.5. The van der Waals surface area contributed by atoms with E-state index in [-0.39, 0.29) is 30.3 Å². The lowest BCUT2D eigenvalue weighted by molar-refractivity contribution is -0.118. The number of likely N-dealkylation sites (tertiary alicyclic amines) is 1. The Morgan fingerprint density at radius 2 is 2.03 bits per heavy atom. The first-order valence-electron chi connectivity index (χ1n) is 11.2. The maximum atomic E-state index is 13.5. The molecule has 1 aliphatic heterocycles. The second-order valence-corrected chi connectivity index (χ2v) is 8.76. The molecule has 2 aromatic carbocycles. The molecular formula is C25H27N5O3. The molecule has 33 heavy (non-hydrogen) atoms. The Bertz CT molecular complexity index is 1220. The summed E-state index contributed by atoms with van der Waals surface area (Å²) in [7, 11) is 1.61. The first-order valence-corrected chi connectivity index (χ1v) is 11.2. The van der Waals surface area contributed by atoms with Gasteiger partial charge in [-0.3, -0.25) is 19.6 Å². The van der Waals surface area contributed by atoms with Gasteiger partial charge in [0.2, 0.25) is 5.91 Å². The van der Waals surface area contributed by atoms with Crippen LogP contribution in [0.15, 0.2) is 42.5 Å². The van der Waals surface area contributed by atoms with Gasteiger partial charge in [0.15, 0.2) is 5.78 Å². The second kappa shape index (κ2) is 8.46. The Labute approximate surface area is 192 Å². The van der Waals surface area contributed by atoms with E-state index >= 15 is 0 Å². The Balaban J connectivity index is 1.40. The molecule has 3 aromatic rings. The molecule has 8 heteroatoms. The lowest BCUT2D eigenvalue weighted by atomic mass is 9.99. The molecule has 2 aliphatic rings. The van der Waals surface area contributed by atoms with Gasteiger partial charge < -0.3 is 15.8 Å². The van der Waals surface area contributed by atoms with Gasteiger partial charge in [-0.25, -0.2) is 0 Å². The van der Waals surface area contributed by atoms with Crippen LogP contribution in [-0.2, 0) is 4.79 Å². The minimum atomic E-state index is -0.146. The van der Waals surface area contributed by atoms with E-state index in [4.69, 9.17) is 10.5 Å². The zero-order valence-corrected chi connectivity index (χ0v) is 18.7. The number of rotatable bonds is 5. The van der Waals surface area contributed by atoms with Gasteiger partial charge in [-0.15, -0.1) is 0 Å². The molecule has 1 fully saturated rings. The van der Waals surface area contributed by atoms with Crippen LogP contribution in [0.25, 0.3) is 22.5 Å². The van der Waals surface area contributed by atoms with Crippen molar-refractivity contribution in [1.29, 1.82) is 0 Å². The Hall–Kier alpha value is -3.49. The summed E-state index contributed by atoms with van der Waals surface area (Å²) >= 11 is 0. The molecule has 8 nitrogen and oxygen atoms in total. The van der Waals surface area contributed by atoms with Crippen molar-refractivity contribution in [1.82, 2.24) is 15.1 Å². The zero-order chi connectivity index (χ0) is 23.1. The average molecular weight is 446 g/mol. The Morgan fingerprint density at radius 1 is 1.24 bits per heavy atom. The minimum absolute atomic E-state index is 0.139. The van der Waals surface area contributed by atoms with E-state index in [1.165, 1.54) is 0 Å². The Kier molecular flexibility index (Phi) is 5.47. The molecule has 0 bridgehead atoms. The van der Waals surface area contributed by atoms with Crippen LogP contribution in [0.4, 0.5) is 5.69 Å². The van der Waals surface area contributed by atoms with Crippen molar-refractivity contribution in [3.63, 3.8) is 0 Å². The third-order valence-corrected chi connectivity index (χ3v) is 6.59. The number of ether oxygens (including phenoxy) is 1. The average Bonchev–Trinajstić information content (AvgIpc) is 3.36. The molecule has 0 radical (unpaired) electrons. The van der Waals surface area contributed by atoms with E-state index in [0.29, 0.717) is 28.2 Å². The van der Waals surface area contributed by atoms with Crippen LogP contribution in [0.3, 0.4) is 0 Å². The molecule has 1 aromatic heterocycles. The van der Waals surface area contributed by atoms with Crippen LogP contribution in [0, 0.1) is 0 Å². The standard InChI is InChI=1S/C25H27N5O3/c1-14-12-16(26)10-11-30(14)13-20(31)27-19-5-3-4-18-21(19)25(32)22-23(28-29-24(18)22)15-6-8-17(33-2)9-7-15/h3-9,14,16H,10-13,26H2,1-2H3,(H,27,31)(H,28,29). The summed E-state index contributed by atoms with van der Waals surface area (Å²) in [6, 6.07) is 13.4. The van der Waals surface area contributed by atoms with Gasteiger partial charge in [-0.05, 0) is 50.1 Å². The number of H-pyrrole nitrogens is 1. The smallest absolute Gasteiger partial charge is 0.238 e. The quantitative estimate of drug-likeness (QED) is 0.435. The number of fused-ring (bicyclic) bond motifs is 3. The fourth-order valence-electron chi connectivity index (χ4n) is 4.81. The fourth-order valence-corrected chi connectivity index (χ4v) is 4.81. The van der Waals surface area contributed by atoms with Crippen LogP contribution in [0.2, 0.25) is 0 Å². The first-order chi connectivity index (χ1) is 16.0. The number of hydrogen-bond donors (Lipinski definition) is 3. The third kappa shape index (κ3) is 3.81. The number of anilines is 1. The summed E-state index contributed by atoms with van der Waals surface area (Å²) in [6.07, 6.45) is 1.76. The molecule has 1 aliphatic carbocycles. The van der Waals surface area contributed by atoms with Crippen LogP contribution >= 0.6 is 0 Å². The highest BCUT2D eigenvalue weighted by molar-refractivity contribution is 6.27. The van der Waals surface area contributed by atoms with Crippen molar-refractivity contribution >= 4 is 17.4 Å². The SMILES string of the molecule is COc1ccc(-c2[nH]nc3c2C(=O)c2c(NC(=O)CN4CCC(N)CC4C)cccc2-3)cc1. The first kappa shape index (κ1) is 21.4. The number of hydrogen-bond acceptors (Lipinski definition) is 6. The largest absolute Gasteiger partial charge is 0.497 e. The second-order valence-electron chi connectivity index (χ2n) is 8.76. The number of carbonyl (C=O) groups is 2. The highest BCUT2D eigenvalue weighted by Crippen LogP contribution is 2.43. The van der Waals surface area contributed by atoms with Crippen LogP contribution in [0.1, 0.15) is 35.7 Å². The number of aromatic amines is 1. The number of methoxy groups -OCH3 is 1. The van der Waals surface area contributed by atoms with Crippen molar-refractivity contribution < 1.29 is 14.3 Å². The van der Waals surface area contributed by atoms with Crippen molar-refractivity contribution in [3.05, 3.63) is 53.6 Å². The number of benzene rings is 2. The highest BCUT2D eigenvalue weighted by Gasteiger charge is 2.35. The molecule has 0 spiro atoms. The van der Waals surface area contributed by atoms with E-state index in [2.05, 4.69) is 27.3 Å². The van der Waals surface area contributed by atoms with Crippen LogP contribution in [-0.4, -0.2) is 59.1 Å². The molecule has 2 atom stereocenters. The number of ketones is 1. The van der Waals surface area contributed by atoms with E-state index in [9.17, 15) is 9.59 Å². The van der Waals surface area contributed by atoms with E-state index in [0.717, 1.165) is 36.3 Å². The topological polar surface area (TPSA) is 113 Å². The fraction of sp³-hybridized carbons (Fsp3) is 0.320. The molecule has 5 rings (SSSR count). The summed E-state index contributed by atoms with van der Waals surface area (Å²) in [5.41, 5.74) is 10.4. The molecule has 170 valence electrons. The molecule has 2 unspecified atom stereocenters. The van der Waals surface area contributed by atoms with Crippen molar-refractivity contribution in [2.45, 2.75) is 31.8 Å². The summed E-state index contributed by atoms with van der Waals surface area (Å²) in [5.74, 6) is 0.451. The minimum Gasteiger partial charge on any atom is -0.497 e. The summed E-state index contributed by atoms with van der Waals surface area (Å²) in [6.45, 7) is 3.16. The molecule has 1 amide bonds. The van der Waals surface area contributed by atoms with Crippen LogP contribution in [0.5, 0.6) is 5.75 Å². The predicted octanol–water partition coefficient (Wildman–Crippen LogP) is 3.05. The maximum absolute atomic E-state index is 13.5. The van der Waals surface area contributed by atoms with Gasteiger partial charge in [-0.2, -0.15) is 5.10 Å². The molecule has 0 saturated carbocycles. The molecule has 4 N–H and O–H groups in total. The number of aromatic nitrogens is 2. The van der Waals surface area contributed by atoms with Gasteiger partial charge in [0.05, 0.1) is 36.2 Å². The van der Waals surface area contributed by atoms with Gasteiger partial charge in [0.25, 0.3) is 0 Å². The van der Waals surface area contributed by atoms with Gasteiger partial charge >= 0.3 is 0 Å². The summed E-state index contributed by atoms with van der Waals surface area (Å²) in [5, 5.41) is 10.4. The van der Waals surface area contributed by atoms with E-state index in [1.54, 1.807) is 13.2 Å². The van der Waals surface area contributed by atoms with Crippen molar-refractivity contribution in [2.24, 2.45) is 5.73 Å².